The number of amides is 4. The largest absolute Gasteiger partial charge is 0.416 e. The maximum atomic E-state index is 13.4. The van der Waals surface area contributed by atoms with Crippen molar-refractivity contribution >= 4 is 17.8 Å². The average Bonchev–Trinajstić information content (AvgIpc) is 3.19. The molecule has 0 saturated carbocycles. The molecule has 0 spiro atoms. The van der Waals surface area contributed by atoms with Gasteiger partial charge in [0.05, 0.1) is 29.8 Å². The summed E-state index contributed by atoms with van der Waals surface area (Å²) in [7, 11) is 0. The van der Waals surface area contributed by atoms with Gasteiger partial charge in [-0.3, -0.25) is 14.9 Å². The van der Waals surface area contributed by atoms with Crippen molar-refractivity contribution in [2.24, 2.45) is 0 Å². The molecular weight excluding hydrogens is 532 g/mol. The van der Waals surface area contributed by atoms with Crippen LogP contribution in [0.2, 0.25) is 0 Å². The number of likely N-dealkylation sites (tertiary alicyclic amines) is 1. The Morgan fingerprint density at radius 1 is 1.03 bits per heavy atom. The van der Waals surface area contributed by atoms with E-state index >= 15 is 0 Å². The monoisotopic (exact) mass is 557 g/mol. The van der Waals surface area contributed by atoms with Gasteiger partial charge in [-0.1, -0.05) is 30.3 Å². The second-order valence-electron chi connectivity index (χ2n) is 9.52. The fourth-order valence-electron chi connectivity index (χ4n) is 4.80. The molecular formula is C26H25F6N3O4. The van der Waals surface area contributed by atoms with Gasteiger partial charge in [0.15, 0.2) is 0 Å². The van der Waals surface area contributed by atoms with Crippen LogP contribution in [0.4, 0.5) is 31.1 Å². The zero-order valence-corrected chi connectivity index (χ0v) is 20.6. The predicted octanol–water partition coefficient (Wildman–Crippen LogP) is 4.78. The quantitative estimate of drug-likeness (QED) is 0.395. The number of carbonyl (C=O) groups excluding carboxylic acids is 3. The molecule has 0 bridgehead atoms. The highest BCUT2D eigenvalue weighted by atomic mass is 19.4. The number of hydrogen-bond donors (Lipinski definition) is 2. The van der Waals surface area contributed by atoms with Crippen LogP contribution < -0.4 is 10.6 Å². The number of rotatable bonds is 6. The lowest BCUT2D eigenvalue weighted by molar-refractivity contribution is -0.143. The minimum atomic E-state index is -4.98. The third-order valence-corrected chi connectivity index (χ3v) is 6.83. The van der Waals surface area contributed by atoms with E-state index in [1.54, 1.807) is 30.3 Å². The Kier molecular flexibility index (Phi) is 7.92. The second kappa shape index (κ2) is 10.9. The van der Waals surface area contributed by atoms with Crippen LogP contribution in [-0.2, 0) is 26.7 Å². The number of halogens is 6. The highest BCUT2D eigenvalue weighted by molar-refractivity contribution is 6.05. The molecule has 2 fully saturated rings. The summed E-state index contributed by atoms with van der Waals surface area (Å²) >= 11 is 0. The maximum absolute atomic E-state index is 13.4. The Morgan fingerprint density at radius 2 is 1.64 bits per heavy atom. The first-order valence-electron chi connectivity index (χ1n) is 12.1. The summed E-state index contributed by atoms with van der Waals surface area (Å²) in [5.41, 5.74) is -2.36. The van der Waals surface area contributed by atoms with E-state index in [1.807, 2.05) is 0 Å². The van der Waals surface area contributed by atoms with E-state index in [0.29, 0.717) is 12.1 Å². The van der Waals surface area contributed by atoms with E-state index in [0.717, 1.165) is 5.56 Å². The first-order valence-corrected chi connectivity index (χ1v) is 12.1. The standard InChI is InChI=1S/C26H25F6N3O4/c1-14(16-9-17(25(27,28)29)11-18(10-16)26(30,31)32)39-21-7-8-35(13-19(21)15-5-3-2-4-6-15)22(36)12-20-23(37)34-24(38)33-20/h2-6,9-11,14,19-21H,7-8,12-13H2,1H3,(H2,33,34,37,38)/t14-,19+,20?,21+/m1/s1. The molecule has 2 saturated heterocycles. The Bertz CT molecular complexity index is 1200. The number of carbonyl (C=O) groups is 3. The van der Waals surface area contributed by atoms with Crippen LogP contribution in [0.25, 0.3) is 0 Å². The lowest BCUT2D eigenvalue weighted by Gasteiger charge is -2.40. The SMILES string of the molecule is C[C@@H](O[C@H]1CCN(C(=O)CC2NC(=O)NC2=O)C[C@H]1c1ccccc1)c1cc(C(F)(F)F)cc(C(F)(F)F)c1. The highest BCUT2D eigenvalue weighted by Crippen LogP contribution is 2.39. The number of alkyl halides is 6. The van der Waals surface area contributed by atoms with Crippen LogP contribution in [0.1, 0.15) is 54.0 Å². The molecule has 4 rings (SSSR count). The molecule has 0 radical (unpaired) electrons. The normalized spacial score (nSPS) is 22.8. The van der Waals surface area contributed by atoms with Crippen molar-refractivity contribution in [3.8, 4) is 0 Å². The first-order chi connectivity index (χ1) is 18.2. The molecule has 1 unspecified atom stereocenters. The van der Waals surface area contributed by atoms with Crippen LogP contribution in [-0.4, -0.2) is 48.0 Å². The molecule has 2 N–H and O–H groups in total. The molecule has 7 nitrogen and oxygen atoms in total. The molecule has 4 amide bonds. The minimum absolute atomic E-state index is 0.0696. The molecule has 2 aromatic carbocycles. The van der Waals surface area contributed by atoms with E-state index in [1.165, 1.54) is 11.8 Å². The first kappa shape index (κ1) is 28.4. The van der Waals surface area contributed by atoms with E-state index < -0.39 is 65.5 Å². The highest BCUT2D eigenvalue weighted by Gasteiger charge is 2.40. The molecule has 2 aliphatic rings. The van der Waals surface area contributed by atoms with Crippen molar-refractivity contribution in [2.75, 3.05) is 13.1 Å². The summed E-state index contributed by atoms with van der Waals surface area (Å²) in [6.45, 7) is 1.70. The van der Waals surface area contributed by atoms with Gasteiger partial charge in [-0.05, 0) is 42.7 Å². The number of hydrogen-bond acceptors (Lipinski definition) is 4. The van der Waals surface area contributed by atoms with Crippen molar-refractivity contribution in [1.29, 1.82) is 0 Å². The molecule has 0 aliphatic carbocycles. The van der Waals surface area contributed by atoms with Gasteiger partial charge in [0.2, 0.25) is 5.91 Å². The van der Waals surface area contributed by atoms with Crippen molar-refractivity contribution < 1.29 is 45.5 Å². The minimum Gasteiger partial charge on any atom is -0.370 e. The number of urea groups is 1. The topological polar surface area (TPSA) is 87.7 Å². The maximum Gasteiger partial charge on any atom is 0.416 e. The summed E-state index contributed by atoms with van der Waals surface area (Å²) in [5.74, 6) is -1.46. The molecule has 39 heavy (non-hydrogen) atoms. The molecule has 210 valence electrons. The van der Waals surface area contributed by atoms with E-state index in [-0.39, 0.29) is 37.6 Å². The number of piperidine rings is 1. The zero-order valence-electron chi connectivity index (χ0n) is 20.6. The van der Waals surface area contributed by atoms with Crippen molar-refractivity contribution in [3.05, 3.63) is 70.8 Å². The molecule has 2 aromatic rings. The van der Waals surface area contributed by atoms with Crippen LogP contribution in [0.15, 0.2) is 48.5 Å². The van der Waals surface area contributed by atoms with Gasteiger partial charge >= 0.3 is 18.4 Å². The Hall–Kier alpha value is -3.61. The lowest BCUT2D eigenvalue weighted by atomic mass is 9.87. The molecule has 4 atom stereocenters. The Labute approximate surface area is 219 Å². The molecule has 0 aromatic heterocycles. The predicted molar refractivity (Wildman–Crippen MR) is 125 cm³/mol. The summed E-state index contributed by atoms with van der Waals surface area (Å²) in [6.07, 6.45) is -11.7. The Morgan fingerprint density at radius 3 is 2.18 bits per heavy atom. The lowest BCUT2D eigenvalue weighted by Crippen LogP contribution is -2.47. The third kappa shape index (κ3) is 6.70. The summed E-state index contributed by atoms with van der Waals surface area (Å²) < 4.78 is 86.2. The summed E-state index contributed by atoms with van der Waals surface area (Å²) in [4.78, 5) is 37.6. The van der Waals surface area contributed by atoms with Crippen LogP contribution >= 0.6 is 0 Å². The van der Waals surface area contributed by atoms with Gasteiger partial charge < -0.3 is 15.0 Å². The molecule has 13 heteroatoms. The molecule has 2 heterocycles. The fourth-order valence-corrected chi connectivity index (χ4v) is 4.80. The van der Waals surface area contributed by atoms with Gasteiger partial charge in [-0.25, -0.2) is 4.79 Å². The van der Waals surface area contributed by atoms with Crippen molar-refractivity contribution in [3.63, 3.8) is 0 Å². The Balaban J connectivity index is 1.55. The second-order valence-corrected chi connectivity index (χ2v) is 9.52. The van der Waals surface area contributed by atoms with Crippen LogP contribution in [0, 0.1) is 0 Å². The smallest absolute Gasteiger partial charge is 0.370 e. The zero-order chi connectivity index (χ0) is 28.5. The summed E-state index contributed by atoms with van der Waals surface area (Å²) in [5, 5.41) is 4.43. The third-order valence-electron chi connectivity index (χ3n) is 6.83. The van der Waals surface area contributed by atoms with Crippen LogP contribution in [0.5, 0.6) is 0 Å². The fraction of sp³-hybridized carbons (Fsp3) is 0.423. The van der Waals surface area contributed by atoms with Crippen molar-refractivity contribution in [1.82, 2.24) is 15.5 Å². The number of ether oxygens (including phenoxy) is 1. The van der Waals surface area contributed by atoms with E-state index in [2.05, 4.69) is 10.6 Å². The molecule has 2 aliphatic heterocycles. The summed E-state index contributed by atoms with van der Waals surface area (Å²) in [6, 6.07) is 8.55. The number of nitrogens with one attached hydrogen (secondary N) is 2. The van der Waals surface area contributed by atoms with E-state index in [4.69, 9.17) is 4.74 Å². The number of nitrogens with zero attached hydrogens (tertiary/aromatic N) is 1. The average molecular weight is 557 g/mol. The van der Waals surface area contributed by atoms with Crippen LogP contribution in [0.3, 0.4) is 0 Å². The number of benzene rings is 2. The van der Waals surface area contributed by atoms with Gasteiger partial charge in [0.1, 0.15) is 6.04 Å². The van der Waals surface area contributed by atoms with E-state index in [9.17, 15) is 40.7 Å². The van der Waals surface area contributed by atoms with Gasteiger partial charge in [0, 0.05) is 19.0 Å². The van der Waals surface area contributed by atoms with Gasteiger partial charge in [0.25, 0.3) is 5.91 Å². The van der Waals surface area contributed by atoms with Crippen molar-refractivity contribution in [2.45, 2.75) is 56.3 Å². The number of imide groups is 1. The van der Waals surface area contributed by atoms with Gasteiger partial charge in [-0.2, -0.15) is 26.3 Å². The van der Waals surface area contributed by atoms with Gasteiger partial charge in [-0.15, -0.1) is 0 Å².